The topological polar surface area (TPSA) is 46.2 Å². The van der Waals surface area contributed by atoms with Crippen LogP contribution in [-0.2, 0) is 6.54 Å². The van der Waals surface area contributed by atoms with Crippen molar-refractivity contribution in [2.75, 3.05) is 12.4 Å². The Hall–Kier alpha value is -2.14. The van der Waals surface area contributed by atoms with Crippen molar-refractivity contribution in [3.8, 4) is 5.75 Å². The Morgan fingerprint density at radius 2 is 1.95 bits per heavy atom. The number of thiocarbonyl (C=S) groups is 1. The molecule has 1 aromatic heterocycles. The third-order valence-electron chi connectivity index (χ3n) is 2.74. The second-order valence-corrected chi connectivity index (χ2v) is 4.73. The molecular weight excluding hydrogens is 270 g/mol. The van der Waals surface area contributed by atoms with Crippen molar-refractivity contribution in [3.05, 3.63) is 53.7 Å². The lowest BCUT2D eigenvalue weighted by atomic mass is 10.2. The van der Waals surface area contributed by atoms with E-state index in [1.807, 2.05) is 49.4 Å². The van der Waals surface area contributed by atoms with Gasteiger partial charge >= 0.3 is 0 Å². The first kappa shape index (κ1) is 14.3. The largest absolute Gasteiger partial charge is 0.497 e. The summed E-state index contributed by atoms with van der Waals surface area (Å²) in [6.45, 7) is 2.60. The summed E-state index contributed by atoms with van der Waals surface area (Å²) >= 11 is 5.24. The molecule has 0 aliphatic heterocycles. The fraction of sp³-hybridized carbons (Fsp3) is 0.200. The second kappa shape index (κ2) is 6.86. The van der Waals surface area contributed by atoms with Crippen LogP contribution in [0.5, 0.6) is 5.75 Å². The second-order valence-electron chi connectivity index (χ2n) is 4.32. The van der Waals surface area contributed by atoms with Crippen LogP contribution < -0.4 is 15.4 Å². The van der Waals surface area contributed by atoms with Crippen LogP contribution in [0.25, 0.3) is 0 Å². The summed E-state index contributed by atoms with van der Waals surface area (Å²) in [5, 5.41) is 6.76. The molecular formula is C15H17N3OS. The van der Waals surface area contributed by atoms with E-state index in [1.165, 1.54) is 0 Å². The molecule has 4 nitrogen and oxygen atoms in total. The zero-order chi connectivity index (χ0) is 14.4. The number of nitrogens with zero attached hydrogens (tertiary/aromatic N) is 1. The average molecular weight is 287 g/mol. The number of hydrogen-bond donors (Lipinski definition) is 2. The van der Waals surface area contributed by atoms with Gasteiger partial charge < -0.3 is 15.4 Å². The van der Waals surface area contributed by atoms with Gasteiger partial charge in [-0.15, -0.1) is 0 Å². The lowest BCUT2D eigenvalue weighted by molar-refractivity contribution is 0.414. The van der Waals surface area contributed by atoms with Crippen LogP contribution in [0.3, 0.4) is 0 Å². The molecule has 0 radical (unpaired) electrons. The molecule has 1 heterocycles. The van der Waals surface area contributed by atoms with E-state index in [9.17, 15) is 0 Å². The van der Waals surface area contributed by atoms with E-state index in [1.54, 1.807) is 7.11 Å². The molecule has 0 aliphatic carbocycles. The lowest BCUT2D eigenvalue weighted by Crippen LogP contribution is -2.28. The highest BCUT2D eigenvalue weighted by atomic mass is 32.1. The van der Waals surface area contributed by atoms with Crippen LogP contribution in [0.2, 0.25) is 0 Å². The SMILES string of the molecule is COc1ccc(CNC(=S)Nc2cccc(C)n2)cc1. The molecule has 2 N–H and O–H groups in total. The van der Waals surface area contributed by atoms with Gasteiger partial charge in [-0.05, 0) is 49.0 Å². The molecule has 0 atom stereocenters. The Balaban J connectivity index is 1.85. The quantitative estimate of drug-likeness (QED) is 0.847. The maximum atomic E-state index is 5.24. The van der Waals surface area contributed by atoms with E-state index in [2.05, 4.69) is 15.6 Å². The highest BCUT2D eigenvalue weighted by Crippen LogP contribution is 2.11. The van der Waals surface area contributed by atoms with Crippen molar-refractivity contribution in [2.24, 2.45) is 0 Å². The van der Waals surface area contributed by atoms with E-state index in [4.69, 9.17) is 17.0 Å². The molecule has 5 heteroatoms. The summed E-state index contributed by atoms with van der Waals surface area (Å²) < 4.78 is 5.12. The third-order valence-corrected chi connectivity index (χ3v) is 2.99. The standard InChI is InChI=1S/C15H17N3OS/c1-11-4-3-5-14(17-11)18-15(20)16-10-12-6-8-13(19-2)9-7-12/h3-9H,10H2,1-2H3,(H2,16,17,18,20). The number of hydrogen-bond acceptors (Lipinski definition) is 3. The van der Waals surface area contributed by atoms with Gasteiger partial charge in [0.15, 0.2) is 5.11 Å². The number of anilines is 1. The highest BCUT2D eigenvalue weighted by Gasteiger charge is 2.00. The number of methoxy groups -OCH3 is 1. The summed E-state index contributed by atoms with van der Waals surface area (Å²) in [5.41, 5.74) is 2.08. The molecule has 1 aromatic carbocycles. The van der Waals surface area contributed by atoms with E-state index >= 15 is 0 Å². The van der Waals surface area contributed by atoms with Crippen molar-refractivity contribution in [2.45, 2.75) is 13.5 Å². The average Bonchev–Trinajstić information content (AvgIpc) is 2.46. The lowest BCUT2D eigenvalue weighted by Gasteiger charge is -2.10. The Labute approximate surface area is 124 Å². The van der Waals surface area contributed by atoms with E-state index in [-0.39, 0.29) is 0 Å². The summed E-state index contributed by atoms with van der Waals surface area (Å²) in [6.07, 6.45) is 0. The predicted molar refractivity (Wildman–Crippen MR) is 85.0 cm³/mol. The fourth-order valence-electron chi connectivity index (χ4n) is 1.70. The van der Waals surface area contributed by atoms with E-state index in [0.29, 0.717) is 11.7 Å². The Kier molecular flexibility index (Phi) is 4.90. The molecule has 0 saturated carbocycles. The minimum atomic E-state index is 0.555. The van der Waals surface area contributed by atoms with Crippen LogP contribution in [0.15, 0.2) is 42.5 Å². The van der Waals surface area contributed by atoms with Crippen LogP contribution in [-0.4, -0.2) is 17.2 Å². The summed E-state index contributed by atoms with van der Waals surface area (Å²) in [5.74, 6) is 1.59. The van der Waals surface area contributed by atoms with Crippen molar-refractivity contribution < 1.29 is 4.74 Å². The zero-order valence-corrected chi connectivity index (χ0v) is 12.3. The van der Waals surface area contributed by atoms with Gasteiger partial charge in [-0.3, -0.25) is 0 Å². The maximum absolute atomic E-state index is 5.24. The molecule has 0 amide bonds. The first-order chi connectivity index (χ1) is 9.67. The van der Waals surface area contributed by atoms with Crippen LogP contribution in [0.1, 0.15) is 11.3 Å². The molecule has 2 rings (SSSR count). The molecule has 104 valence electrons. The Morgan fingerprint density at radius 1 is 1.20 bits per heavy atom. The molecule has 0 aliphatic rings. The van der Waals surface area contributed by atoms with Crippen LogP contribution in [0, 0.1) is 6.92 Å². The number of nitrogens with one attached hydrogen (secondary N) is 2. The molecule has 0 fully saturated rings. The minimum Gasteiger partial charge on any atom is -0.497 e. The van der Waals surface area contributed by atoms with Gasteiger partial charge in [0.2, 0.25) is 0 Å². The summed E-state index contributed by atoms with van der Waals surface area (Å²) in [6, 6.07) is 13.6. The monoisotopic (exact) mass is 287 g/mol. The van der Waals surface area contributed by atoms with E-state index in [0.717, 1.165) is 22.8 Å². The number of rotatable bonds is 4. The minimum absolute atomic E-state index is 0.555. The highest BCUT2D eigenvalue weighted by molar-refractivity contribution is 7.80. The van der Waals surface area contributed by atoms with Crippen molar-refractivity contribution in [1.82, 2.24) is 10.3 Å². The Bertz CT molecular complexity index is 584. The first-order valence-corrected chi connectivity index (χ1v) is 6.69. The maximum Gasteiger partial charge on any atom is 0.172 e. The molecule has 0 spiro atoms. The van der Waals surface area contributed by atoms with Gasteiger partial charge in [-0.25, -0.2) is 4.98 Å². The third kappa shape index (κ3) is 4.20. The van der Waals surface area contributed by atoms with Gasteiger partial charge in [0.1, 0.15) is 11.6 Å². The molecule has 0 saturated heterocycles. The molecule has 0 bridgehead atoms. The normalized spacial score (nSPS) is 9.90. The first-order valence-electron chi connectivity index (χ1n) is 6.29. The van der Waals surface area contributed by atoms with Gasteiger partial charge in [0.25, 0.3) is 0 Å². The molecule has 20 heavy (non-hydrogen) atoms. The smallest absolute Gasteiger partial charge is 0.172 e. The van der Waals surface area contributed by atoms with Crippen molar-refractivity contribution >= 4 is 23.1 Å². The van der Waals surface area contributed by atoms with Crippen LogP contribution >= 0.6 is 12.2 Å². The number of benzene rings is 1. The fourth-order valence-corrected chi connectivity index (χ4v) is 1.88. The van der Waals surface area contributed by atoms with Crippen LogP contribution in [0.4, 0.5) is 5.82 Å². The van der Waals surface area contributed by atoms with Gasteiger partial charge in [-0.1, -0.05) is 18.2 Å². The Morgan fingerprint density at radius 3 is 2.60 bits per heavy atom. The van der Waals surface area contributed by atoms with Gasteiger partial charge in [0, 0.05) is 12.2 Å². The number of aryl methyl sites for hydroxylation is 1. The predicted octanol–water partition coefficient (Wildman–Crippen LogP) is 2.89. The van der Waals surface area contributed by atoms with Gasteiger partial charge in [0.05, 0.1) is 7.11 Å². The summed E-state index contributed by atoms with van der Waals surface area (Å²) in [7, 11) is 1.65. The number of aromatic nitrogens is 1. The summed E-state index contributed by atoms with van der Waals surface area (Å²) in [4.78, 5) is 4.34. The molecule has 0 unspecified atom stereocenters. The number of pyridine rings is 1. The van der Waals surface area contributed by atoms with Crippen molar-refractivity contribution in [1.29, 1.82) is 0 Å². The molecule has 2 aromatic rings. The van der Waals surface area contributed by atoms with E-state index < -0.39 is 0 Å². The zero-order valence-electron chi connectivity index (χ0n) is 11.5. The van der Waals surface area contributed by atoms with Gasteiger partial charge in [-0.2, -0.15) is 0 Å². The number of ether oxygens (including phenoxy) is 1. The van der Waals surface area contributed by atoms with Crippen molar-refractivity contribution in [3.63, 3.8) is 0 Å².